The first-order chi connectivity index (χ1) is 16.3. The average Bonchev–Trinajstić information content (AvgIpc) is 3.57. The van der Waals surface area contributed by atoms with Gasteiger partial charge < -0.3 is 15.6 Å². The summed E-state index contributed by atoms with van der Waals surface area (Å²) in [5.74, 6) is 0.117. The van der Waals surface area contributed by atoms with Crippen molar-refractivity contribution in [3.8, 4) is 22.5 Å². The molecule has 0 aliphatic carbocycles. The van der Waals surface area contributed by atoms with Crippen LogP contribution in [0.2, 0.25) is 0 Å². The van der Waals surface area contributed by atoms with Crippen LogP contribution >= 0.6 is 11.3 Å². The Labute approximate surface area is 200 Å². The highest BCUT2D eigenvalue weighted by atomic mass is 32.2. The Balaban J connectivity index is 1.71. The lowest BCUT2D eigenvalue weighted by atomic mass is 9.98. The molecule has 15 heteroatoms. The Morgan fingerprint density at radius 3 is 2.82 bits per heavy atom. The molecular formula is C19H20N8O4S3. The van der Waals surface area contributed by atoms with Crippen LogP contribution in [0, 0.1) is 5.92 Å². The van der Waals surface area contributed by atoms with Crippen molar-refractivity contribution in [2.45, 2.75) is 16.2 Å². The molecule has 2 unspecified atom stereocenters. The molecule has 4 aromatic rings. The van der Waals surface area contributed by atoms with Gasteiger partial charge in [0.05, 0.1) is 20.7 Å². The first kappa shape index (κ1) is 22.9. The number of rotatable bonds is 7. The number of aromatic nitrogens is 5. The fourth-order valence-electron chi connectivity index (χ4n) is 4.04. The predicted molar refractivity (Wildman–Crippen MR) is 128 cm³/mol. The van der Waals surface area contributed by atoms with Gasteiger partial charge in [-0.05, 0) is 48.3 Å². The van der Waals surface area contributed by atoms with Crippen molar-refractivity contribution >= 4 is 47.8 Å². The van der Waals surface area contributed by atoms with Crippen LogP contribution in [-0.2, 0) is 21.1 Å². The quantitative estimate of drug-likeness (QED) is 0.221. The lowest BCUT2D eigenvalue weighted by Crippen LogP contribution is -2.31. The van der Waals surface area contributed by atoms with Crippen molar-refractivity contribution in [1.29, 1.82) is 0 Å². The summed E-state index contributed by atoms with van der Waals surface area (Å²) < 4.78 is 52.7. The van der Waals surface area contributed by atoms with Gasteiger partial charge in [-0.3, -0.25) is 0 Å². The average molecular weight is 521 g/mol. The summed E-state index contributed by atoms with van der Waals surface area (Å²) in [6, 6.07) is 8.29. The topological polar surface area (TPSA) is 189 Å². The molecule has 2 aromatic heterocycles. The molecular weight excluding hydrogens is 500 g/mol. The number of sulfonamides is 1. The maximum atomic E-state index is 13.2. The summed E-state index contributed by atoms with van der Waals surface area (Å²) in [5, 5.41) is 17.4. The number of thiazole rings is 1. The Bertz CT molecular complexity index is 1480. The maximum absolute atomic E-state index is 13.2. The van der Waals surface area contributed by atoms with E-state index in [0.29, 0.717) is 28.3 Å². The fourth-order valence-corrected chi connectivity index (χ4v) is 7.16. The van der Waals surface area contributed by atoms with Crippen LogP contribution in [-0.4, -0.2) is 62.4 Å². The number of fused-ring (bicyclic) bond motifs is 1. The molecule has 34 heavy (non-hydrogen) atoms. The highest BCUT2D eigenvalue weighted by molar-refractivity contribution is 7.90. The van der Waals surface area contributed by atoms with Crippen LogP contribution in [0.25, 0.3) is 32.7 Å². The van der Waals surface area contributed by atoms with Crippen molar-refractivity contribution in [3.63, 3.8) is 0 Å². The molecule has 178 valence electrons. The number of tetrazole rings is 1. The standard InChI is InChI=1S/C19H20N8O4S3/c20-19-23-16-12(2-1-3-13(16)32-19)11-4-5-14(34(30,31)22-9-10-6-7-21-8-10)17(33(28)29)15(11)18-24-26-27-25-18/h1-5,10,21-22H,6-9H2,(H2,20,23)(H,28,29)(H,24,25,26,27). The van der Waals surface area contributed by atoms with E-state index in [1.165, 1.54) is 17.4 Å². The van der Waals surface area contributed by atoms with Crippen molar-refractivity contribution in [2.75, 3.05) is 25.4 Å². The summed E-state index contributed by atoms with van der Waals surface area (Å²) in [5.41, 5.74) is 7.56. The van der Waals surface area contributed by atoms with E-state index in [0.717, 1.165) is 17.7 Å². The Morgan fingerprint density at radius 2 is 2.12 bits per heavy atom. The molecule has 3 heterocycles. The zero-order valence-electron chi connectivity index (χ0n) is 17.6. The first-order valence-electron chi connectivity index (χ1n) is 10.2. The lowest BCUT2D eigenvalue weighted by Gasteiger charge is -2.17. The Hall–Kier alpha value is -2.82. The molecule has 0 radical (unpaired) electrons. The molecule has 0 spiro atoms. The third-order valence-electron chi connectivity index (χ3n) is 5.60. The zero-order valence-corrected chi connectivity index (χ0v) is 20.0. The molecule has 2 atom stereocenters. The molecule has 5 rings (SSSR count). The molecule has 1 saturated heterocycles. The van der Waals surface area contributed by atoms with Gasteiger partial charge in [-0.25, -0.2) is 22.3 Å². The molecule has 2 aromatic carbocycles. The first-order valence-corrected chi connectivity index (χ1v) is 13.6. The van der Waals surface area contributed by atoms with Gasteiger partial charge in [-0.15, -0.1) is 10.2 Å². The van der Waals surface area contributed by atoms with E-state index < -0.39 is 21.1 Å². The Kier molecular flexibility index (Phi) is 6.13. The number of hydrogen-bond acceptors (Lipinski definition) is 10. The third-order valence-corrected chi connectivity index (χ3v) is 8.82. The summed E-state index contributed by atoms with van der Waals surface area (Å²) in [7, 11) is -4.12. The van der Waals surface area contributed by atoms with E-state index in [-0.39, 0.29) is 33.6 Å². The highest BCUT2D eigenvalue weighted by Gasteiger charge is 2.30. The van der Waals surface area contributed by atoms with Gasteiger partial charge in [0, 0.05) is 12.1 Å². The summed E-state index contributed by atoms with van der Waals surface area (Å²) in [6.07, 6.45) is 0.842. The molecule has 0 saturated carbocycles. The second-order valence-electron chi connectivity index (χ2n) is 7.72. The fraction of sp³-hybridized carbons (Fsp3) is 0.263. The summed E-state index contributed by atoms with van der Waals surface area (Å²) >= 11 is -1.40. The Morgan fingerprint density at radius 1 is 1.26 bits per heavy atom. The van der Waals surface area contributed by atoms with E-state index >= 15 is 0 Å². The molecule has 1 fully saturated rings. The zero-order chi connectivity index (χ0) is 23.9. The molecule has 0 amide bonds. The van der Waals surface area contributed by atoms with Gasteiger partial charge in [0.1, 0.15) is 4.90 Å². The normalized spacial score (nSPS) is 17.4. The largest absolute Gasteiger partial charge is 0.375 e. The lowest BCUT2D eigenvalue weighted by molar-refractivity contribution is 0.534. The number of anilines is 1. The van der Waals surface area contributed by atoms with Crippen LogP contribution in [0.1, 0.15) is 6.42 Å². The number of nitrogens with zero attached hydrogens (tertiary/aromatic N) is 4. The van der Waals surface area contributed by atoms with E-state index in [1.54, 1.807) is 18.2 Å². The second kappa shape index (κ2) is 9.09. The predicted octanol–water partition coefficient (Wildman–Crippen LogP) is 1.19. The van der Waals surface area contributed by atoms with Crippen molar-refractivity contribution in [3.05, 3.63) is 30.3 Å². The third kappa shape index (κ3) is 4.21. The molecule has 0 bridgehead atoms. The number of H-pyrrole nitrogens is 1. The minimum Gasteiger partial charge on any atom is -0.375 e. The number of para-hydroxylation sites is 1. The van der Waals surface area contributed by atoms with Crippen molar-refractivity contribution < 1.29 is 17.2 Å². The van der Waals surface area contributed by atoms with E-state index in [1.807, 2.05) is 6.07 Å². The van der Waals surface area contributed by atoms with E-state index in [4.69, 9.17) is 5.73 Å². The van der Waals surface area contributed by atoms with E-state index in [2.05, 4.69) is 35.6 Å². The number of aromatic amines is 1. The van der Waals surface area contributed by atoms with Crippen LogP contribution in [0.5, 0.6) is 0 Å². The van der Waals surface area contributed by atoms with Crippen molar-refractivity contribution in [2.24, 2.45) is 5.92 Å². The number of nitrogen functional groups attached to an aromatic ring is 1. The van der Waals surface area contributed by atoms with Crippen LogP contribution in [0.4, 0.5) is 5.13 Å². The molecule has 1 aliphatic rings. The summed E-state index contributed by atoms with van der Waals surface area (Å²) in [6.45, 7) is 1.74. The van der Waals surface area contributed by atoms with Gasteiger partial charge in [0.25, 0.3) is 0 Å². The SMILES string of the molecule is Nc1nc2c(-c3ccc(S(=O)(=O)NCC4CCNC4)c(S(=O)O)c3-c3nn[nH]n3)cccc2s1. The second-order valence-corrected chi connectivity index (χ2v) is 11.4. The van der Waals surface area contributed by atoms with Gasteiger partial charge in [-0.2, -0.15) is 5.21 Å². The molecule has 12 nitrogen and oxygen atoms in total. The number of hydrogen-bond donors (Lipinski definition) is 5. The maximum Gasteiger partial charge on any atom is 0.241 e. The van der Waals surface area contributed by atoms with E-state index in [9.17, 15) is 17.2 Å². The van der Waals surface area contributed by atoms with Gasteiger partial charge in [-0.1, -0.05) is 29.5 Å². The number of nitrogens with two attached hydrogens (primary N) is 1. The molecule has 1 aliphatic heterocycles. The van der Waals surface area contributed by atoms with Crippen LogP contribution in [0.3, 0.4) is 0 Å². The van der Waals surface area contributed by atoms with Gasteiger partial charge in [0.15, 0.2) is 16.2 Å². The van der Waals surface area contributed by atoms with Gasteiger partial charge >= 0.3 is 0 Å². The van der Waals surface area contributed by atoms with Crippen LogP contribution in [0.15, 0.2) is 40.1 Å². The minimum atomic E-state index is -4.12. The van der Waals surface area contributed by atoms with Gasteiger partial charge in [0.2, 0.25) is 15.8 Å². The van der Waals surface area contributed by atoms with Crippen molar-refractivity contribution in [1.82, 2.24) is 35.6 Å². The monoisotopic (exact) mass is 520 g/mol. The van der Waals surface area contributed by atoms with Crippen LogP contribution < -0.4 is 15.8 Å². The number of nitrogens with one attached hydrogen (secondary N) is 3. The molecule has 6 N–H and O–H groups in total. The summed E-state index contributed by atoms with van der Waals surface area (Å²) in [4.78, 5) is 3.73. The number of benzene rings is 2. The minimum absolute atomic E-state index is 0.0235. The smallest absolute Gasteiger partial charge is 0.241 e. The highest BCUT2D eigenvalue weighted by Crippen LogP contribution is 2.41.